The number of methoxy groups -OCH3 is 1. The Morgan fingerprint density at radius 3 is 2.74 bits per heavy atom. The van der Waals surface area contributed by atoms with E-state index in [9.17, 15) is 9.59 Å². The van der Waals surface area contributed by atoms with Gasteiger partial charge in [-0.3, -0.25) is 4.79 Å². The molecule has 1 aliphatic heterocycles. The highest BCUT2D eigenvalue weighted by atomic mass is 16.5. The van der Waals surface area contributed by atoms with Crippen LogP contribution in [-0.4, -0.2) is 37.9 Å². The molecular weight excluding hydrogens is 398 g/mol. The van der Waals surface area contributed by atoms with Gasteiger partial charge in [-0.2, -0.15) is 0 Å². The molecule has 7 nitrogen and oxygen atoms in total. The number of hydrogen-bond donors (Lipinski definition) is 1. The maximum absolute atomic E-state index is 12.8. The fourth-order valence-electron chi connectivity index (χ4n) is 3.89. The molecule has 1 N–H and O–H groups in total. The molecule has 0 atom stereocenters. The largest absolute Gasteiger partial charge is 0.496 e. The summed E-state index contributed by atoms with van der Waals surface area (Å²) in [6.07, 6.45) is 2.39. The molecule has 1 aromatic heterocycles. The summed E-state index contributed by atoms with van der Waals surface area (Å²) in [6.45, 7) is 10.9. The zero-order valence-electron chi connectivity index (χ0n) is 19.3. The Hall–Kier alpha value is -2.54. The number of aryl methyl sites for hydroxylation is 2. The van der Waals surface area contributed by atoms with Crippen molar-refractivity contribution in [1.82, 2.24) is 5.32 Å². The van der Waals surface area contributed by atoms with Crippen molar-refractivity contribution in [2.75, 3.05) is 20.3 Å². The van der Waals surface area contributed by atoms with Crippen LogP contribution in [-0.2, 0) is 22.4 Å². The molecule has 0 bridgehead atoms. The lowest BCUT2D eigenvalue weighted by Gasteiger charge is -2.33. The summed E-state index contributed by atoms with van der Waals surface area (Å²) in [5.41, 5.74) is 1.62. The van der Waals surface area contributed by atoms with Crippen LogP contribution in [0.4, 0.5) is 0 Å². The smallest absolute Gasteiger partial charge is 0.340 e. The molecule has 1 amide bonds. The van der Waals surface area contributed by atoms with Gasteiger partial charge in [0, 0.05) is 24.8 Å². The standard InChI is InChI=1S/C24H33NO6/c1-14(2)29-11-7-10-25-20(26)12-17-15(3)21-19(28-6)13-18-16(22(21)30-23(17)27)8-9-24(4,5)31-18/h13-14H,7-12H2,1-6H3,(H,25,26). The quantitative estimate of drug-likeness (QED) is 0.507. The Kier molecular flexibility index (Phi) is 6.94. The average molecular weight is 432 g/mol. The third-order valence-electron chi connectivity index (χ3n) is 5.59. The topological polar surface area (TPSA) is 87.0 Å². The summed E-state index contributed by atoms with van der Waals surface area (Å²) in [5.74, 6) is 1.03. The molecule has 0 saturated heterocycles. The van der Waals surface area contributed by atoms with E-state index in [0.717, 1.165) is 23.8 Å². The zero-order valence-corrected chi connectivity index (χ0v) is 19.3. The predicted molar refractivity (Wildman–Crippen MR) is 119 cm³/mol. The van der Waals surface area contributed by atoms with Crippen LogP contribution in [0.3, 0.4) is 0 Å². The Morgan fingerprint density at radius 1 is 1.32 bits per heavy atom. The van der Waals surface area contributed by atoms with E-state index in [1.54, 1.807) is 7.11 Å². The molecular formula is C24H33NO6. The van der Waals surface area contributed by atoms with Crippen molar-refractivity contribution in [2.45, 2.75) is 72.0 Å². The van der Waals surface area contributed by atoms with E-state index in [1.165, 1.54) is 0 Å². The Balaban J connectivity index is 1.87. The molecule has 1 aliphatic rings. The zero-order chi connectivity index (χ0) is 22.8. The number of benzene rings is 1. The lowest BCUT2D eigenvalue weighted by molar-refractivity contribution is -0.120. The predicted octanol–water partition coefficient (Wildman–Crippen LogP) is 3.69. The Bertz CT molecular complexity index is 1020. The normalized spacial score (nSPS) is 14.9. The van der Waals surface area contributed by atoms with Crippen LogP contribution in [0, 0.1) is 6.92 Å². The van der Waals surface area contributed by atoms with Crippen LogP contribution < -0.4 is 20.4 Å². The molecule has 0 spiro atoms. The van der Waals surface area contributed by atoms with Gasteiger partial charge in [-0.25, -0.2) is 4.79 Å². The Morgan fingerprint density at radius 2 is 2.06 bits per heavy atom. The highest BCUT2D eigenvalue weighted by molar-refractivity contribution is 5.93. The van der Waals surface area contributed by atoms with Gasteiger partial charge >= 0.3 is 5.63 Å². The minimum atomic E-state index is -0.497. The van der Waals surface area contributed by atoms with E-state index in [4.69, 9.17) is 18.6 Å². The third-order valence-corrected chi connectivity index (χ3v) is 5.59. The molecule has 0 saturated carbocycles. The fraction of sp³-hybridized carbons (Fsp3) is 0.583. The van der Waals surface area contributed by atoms with Crippen LogP contribution in [0.5, 0.6) is 11.5 Å². The van der Waals surface area contributed by atoms with Gasteiger partial charge in [-0.1, -0.05) is 0 Å². The van der Waals surface area contributed by atoms with E-state index in [0.29, 0.717) is 47.8 Å². The third kappa shape index (κ3) is 5.21. The first kappa shape index (κ1) is 23.1. The summed E-state index contributed by atoms with van der Waals surface area (Å²) < 4.78 is 22.9. The van der Waals surface area contributed by atoms with Crippen molar-refractivity contribution in [1.29, 1.82) is 0 Å². The van der Waals surface area contributed by atoms with Gasteiger partial charge in [0.25, 0.3) is 0 Å². The number of nitrogens with one attached hydrogen (secondary N) is 1. The van der Waals surface area contributed by atoms with Crippen molar-refractivity contribution in [2.24, 2.45) is 0 Å². The monoisotopic (exact) mass is 431 g/mol. The van der Waals surface area contributed by atoms with Gasteiger partial charge < -0.3 is 23.9 Å². The van der Waals surface area contributed by atoms with E-state index in [2.05, 4.69) is 5.32 Å². The molecule has 0 radical (unpaired) electrons. The molecule has 0 unspecified atom stereocenters. The summed E-state index contributed by atoms with van der Waals surface area (Å²) >= 11 is 0. The summed E-state index contributed by atoms with van der Waals surface area (Å²) in [7, 11) is 1.57. The molecule has 1 aromatic carbocycles. The number of carbonyl (C=O) groups excluding carboxylic acids is 1. The molecule has 170 valence electrons. The van der Waals surface area contributed by atoms with E-state index in [1.807, 2.05) is 40.7 Å². The second-order valence-electron chi connectivity index (χ2n) is 8.91. The van der Waals surface area contributed by atoms with Crippen molar-refractivity contribution in [3.8, 4) is 11.5 Å². The molecule has 2 aromatic rings. The van der Waals surface area contributed by atoms with Crippen LogP contribution >= 0.6 is 0 Å². The maximum atomic E-state index is 12.8. The minimum absolute atomic E-state index is 0.0427. The lowest BCUT2D eigenvalue weighted by atomic mass is 9.91. The lowest BCUT2D eigenvalue weighted by Crippen LogP contribution is -2.33. The second-order valence-corrected chi connectivity index (χ2v) is 8.91. The first-order valence-corrected chi connectivity index (χ1v) is 10.9. The maximum Gasteiger partial charge on any atom is 0.340 e. The molecule has 7 heteroatoms. The SMILES string of the molecule is COc1cc2c(c3oc(=O)c(CC(=O)NCCCOC(C)C)c(C)c13)CCC(C)(C)O2. The molecule has 0 fully saturated rings. The van der Waals surface area contributed by atoms with Gasteiger partial charge in [0.1, 0.15) is 22.7 Å². The van der Waals surface area contributed by atoms with Crippen molar-refractivity contribution in [3.63, 3.8) is 0 Å². The molecule has 3 rings (SSSR count). The highest BCUT2D eigenvalue weighted by Crippen LogP contribution is 2.43. The molecule has 2 heterocycles. The van der Waals surface area contributed by atoms with Gasteiger partial charge in [0.15, 0.2) is 0 Å². The second kappa shape index (κ2) is 9.30. The van der Waals surface area contributed by atoms with Crippen LogP contribution in [0.15, 0.2) is 15.3 Å². The number of hydrogen-bond acceptors (Lipinski definition) is 6. The number of carbonyl (C=O) groups is 1. The van der Waals surface area contributed by atoms with Crippen molar-refractivity contribution in [3.05, 3.63) is 33.2 Å². The summed E-state index contributed by atoms with van der Waals surface area (Å²) in [5, 5.41) is 3.56. The number of amides is 1. The summed E-state index contributed by atoms with van der Waals surface area (Å²) in [4.78, 5) is 25.2. The van der Waals surface area contributed by atoms with Gasteiger partial charge in [-0.15, -0.1) is 0 Å². The molecule has 0 aliphatic carbocycles. The van der Waals surface area contributed by atoms with E-state index < -0.39 is 5.63 Å². The van der Waals surface area contributed by atoms with Crippen LogP contribution in [0.2, 0.25) is 0 Å². The van der Waals surface area contributed by atoms with E-state index >= 15 is 0 Å². The van der Waals surface area contributed by atoms with Crippen LogP contribution in [0.1, 0.15) is 57.2 Å². The number of ether oxygens (including phenoxy) is 3. The average Bonchev–Trinajstić information content (AvgIpc) is 2.68. The summed E-state index contributed by atoms with van der Waals surface area (Å²) in [6, 6.07) is 1.85. The van der Waals surface area contributed by atoms with E-state index in [-0.39, 0.29) is 24.0 Å². The van der Waals surface area contributed by atoms with Gasteiger partial charge in [-0.05, 0) is 59.4 Å². The fourth-order valence-corrected chi connectivity index (χ4v) is 3.89. The first-order chi connectivity index (χ1) is 14.6. The van der Waals surface area contributed by atoms with Crippen molar-refractivity contribution < 1.29 is 23.4 Å². The number of fused-ring (bicyclic) bond motifs is 3. The highest BCUT2D eigenvalue weighted by Gasteiger charge is 2.31. The van der Waals surface area contributed by atoms with Crippen LogP contribution in [0.25, 0.3) is 11.0 Å². The Labute approximate surface area is 183 Å². The number of rotatable bonds is 8. The van der Waals surface area contributed by atoms with Crippen molar-refractivity contribution >= 4 is 16.9 Å². The van der Waals surface area contributed by atoms with Gasteiger partial charge in [0.2, 0.25) is 5.91 Å². The molecule has 31 heavy (non-hydrogen) atoms. The minimum Gasteiger partial charge on any atom is -0.496 e. The van der Waals surface area contributed by atoms with Gasteiger partial charge in [0.05, 0.1) is 30.6 Å². The first-order valence-electron chi connectivity index (χ1n) is 10.9.